The summed E-state index contributed by atoms with van der Waals surface area (Å²) in [6.45, 7) is 7.01. The molecule has 3 nitrogen and oxygen atoms in total. The van der Waals surface area contributed by atoms with Crippen LogP contribution in [0.25, 0.3) is 0 Å². The molecule has 0 amide bonds. The van der Waals surface area contributed by atoms with E-state index < -0.39 is 0 Å². The highest BCUT2D eigenvalue weighted by Gasteiger charge is 2.09. The van der Waals surface area contributed by atoms with Crippen LogP contribution in [0, 0.1) is 6.92 Å². The molecule has 1 aromatic heterocycles. The first kappa shape index (κ1) is 12.1. The van der Waals surface area contributed by atoms with E-state index in [1.807, 2.05) is 19.2 Å². The molecule has 1 heterocycles. The Morgan fingerprint density at radius 3 is 2.67 bits per heavy atom. The lowest BCUT2D eigenvalue weighted by atomic mass is 10.2. The highest BCUT2D eigenvalue weighted by molar-refractivity contribution is 5.12. The molecule has 0 saturated carbocycles. The first-order valence-electron chi connectivity index (χ1n) is 5.31. The molecule has 1 rings (SSSR count). The lowest BCUT2D eigenvalue weighted by molar-refractivity contribution is 0.0882. The average Bonchev–Trinajstić information content (AvgIpc) is 2.26. The number of pyridine rings is 1. The first-order valence-corrected chi connectivity index (χ1v) is 5.31. The standard InChI is InChI=1S/C12H20N2O/c1-9-5-6-12(7-13-9)8-14-10(2)11(3)15-4/h5-7,10-11,14H,8H2,1-4H3. The van der Waals surface area contributed by atoms with Crippen molar-refractivity contribution in [3.05, 3.63) is 29.6 Å². The van der Waals surface area contributed by atoms with Gasteiger partial charge in [0.2, 0.25) is 0 Å². The molecule has 0 spiro atoms. The van der Waals surface area contributed by atoms with Gasteiger partial charge in [-0.05, 0) is 32.4 Å². The third kappa shape index (κ3) is 3.98. The van der Waals surface area contributed by atoms with Gasteiger partial charge in [-0.2, -0.15) is 0 Å². The van der Waals surface area contributed by atoms with Crippen molar-refractivity contribution in [2.45, 2.75) is 39.5 Å². The molecule has 2 unspecified atom stereocenters. The molecule has 0 aliphatic heterocycles. The van der Waals surface area contributed by atoms with Crippen LogP contribution in [0.3, 0.4) is 0 Å². The van der Waals surface area contributed by atoms with Crippen LogP contribution in [-0.4, -0.2) is 24.2 Å². The number of hydrogen-bond donors (Lipinski definition) is 1. The zero-order valence-electron chi connectivity index (χ0n) is 9.95. The molecule has 1 aromatic rings. The van der Waals surface area contributed by atoms with Crippen LogP contribution in [0.4, 0.5) is 0 Å². The quantitative estimate of drug-likeness (QED) is 0.802. The van der Waals surface area contributed by atoms with Crippen LogP contribution < -0.4 is 5.32 Å². The number of aryl methyl sites for hydroxylation is 1. The number of methoxy groups -OCH3 is 1. The van der Waals surface area contributed by atoms with Crippen LogP contribution in [0.15, 0.2) is 18.3 Å². The molecular formula is C12H20N2O. The molecule has 3 heteroatoms. The molecule has 0 aliphatic rings. The fourth-order valence-electron chi connectivity index (χ4n) is 1.25. The topological polar surface area (TPSA) is 34.1 Å². The average molecular weight is 208 g/mol. The van der Waals surface area contributed by atoms with Gasteiger partial charge < -0.3 is 10.1 Å². The van der Waals surface area contributed by atoms with Gasteiger partial charge in [0.25, 0.3) is 0 Å². The summed E-state index contributed by atoms with van der Waals surface area (Å²) < 4.78 is 5.24. The second-order valence-electron chi connectivity index (χ2n) is 3.92. The molecule has 84 valence electrons. The number of rotatable bonds is 5. The van der Waals surface area contributed by atoms with Gasteiger partial charge in [0.05, 0.1) is 6.10 Å². The van der Waals surface area contributed by atoms with E-state index in [1.165, 1.54) is 5.56 Å². The maximum atomic E-state index is 5.24. The van der Waals surface area contributed by atoms with Crippen LogP contribution >= 0.6 is 0 Å². The number of ether oxygens (including phenoxy) is 1. The summed E-state index contributed by atoms with van der Waals surface area (Å²) in [5, 5.41) is 3.40. The number of nitrogens with zero attached hydrogens (tertiary/aromatic N) is 1. The summed E-state index contributed by atoms with van der Waals surface area (Å²) in [4.78, 5) is 4.25. The summed E-state index contributed by atoms with van der Waals surface area (Å²) in [6.07, 6.45) is 2.13. The van der Waals surface area contributed by atoms with E-state index in [2.05, 4.69) is 30.2 Å². The summed E-state index contributed by atoms with van der Waals surface area (Å²) >= 11 is 0. The van der Waals surface area contributed by atoms with Crippen molar-refractivity contribution < 1.29 is 4.74 Å². The Labute approximate surface area is 91.9 Å². The van der Waals surface area contributed by atoms with E-state index in [1.54, 1.807) is 7.11 Å². The molecule has 0 fully saturated rings. The lowest BCUT2D eigenvalue weighted by Crippen LogP contribution is -2.36. The maximum Gasteiger partial charge on any atom is 0.0693 e. The smallest absolute Gasteiger partial charge is 0.0693 e. The molecule has 2 atom stereocenters. The Kier molecular flexibility index (Phi) is 4.72. The Bertz CT molecular complexity index is 284. The fraction of sp³-hybridized carbons (Fsp3) is 0.583. The predicted molar refractivity (Wildman–Crippen MR) is 61.7 cm³/mol. The van der Waals surface area contributed by atoms with E-state index in [9.17, 15) is 0 Å². The van der Waals surface area contributed by atoms with Gasteiger partial charge >= 0.3 is 0 Å². The zero-order valence-corrected chi connectivity index (χ0v) is 9.95. The van der Waals surface area contributed by atoms with E-state index in [0.717, 1.165) is 12.2 Å². The molecule has 15 heavy (non-hydrogen) atoms. The summed E-state index contributed by atoms with van der Waals surface area (Å²) in [6, 6.07) is 4.47. The van der Waals surface area contributed by atoms with Crippen LogP contribution in [0.2, 0.25) is 0 Å². The SMILES string of the molecule is COC(C)C(C)NCc1ccc(C)nc1. The van der Waals surface area contributed by atoms with E-state index in [-0.39, 0.29) is 6.10 Å². The van der Waals surface area contributed by atoms with Gasteiger partial charge in [-0.3, -0.25) is 4.98 Å². The van der Waals surface area contributed by atoms with Gasteiger partial charge in [0.15, 0.2) is 0 Å². The van der Waals surface area contributed by atoms with Gasteiger partial charge in [-0.25, -0.2) is 0 Å². The van der Waals surface area contributed by atoms with E-state index in [4.69, 9.17) is 4.74 Å². The Morgan fingerprint density at radius 2 is 2.13 bits per heavy atom. The Hall–Kier alpha value is -0.930. The molecule has 0 aliphatic carbocycles. The second kappa shape index (κ2) is 5.83. The van der Waals surface area contributed by atoms with Crippen LogP contribution in [0.5, 0.6) is 0 Å². The maximum absolute atomic E-state index is 5.24. The number of nitrogens with one attached hydrogen (secondary N) is 1. The minimum atomic E-state index is 0.225. The highest BCUT2D eigenvalue weighted by atomic mass is 16.5. The summed E-state index contributed by atoms with van der Waals surface area (Å²) in [5.74, 6) is 0. The van der Waals surface area contributed by atoms with E-state index in [0.29, 0.717) is 6.04 Å². The Balaban J connectivity index is 2.40. The molecule has 1 N–H and O–H groups in total. The third-order valence-corrected chi connectivity index (χ3v) is 2.68. The van der Waals surface area contributed by atoms with Crippen molar-refractivity contribution >= 4 is 0 Å². The predicted octanol–water partition coefficient (Wildman–Crippen LogP) is 1.90. The summed E-state index contributed by atoms with van der Waals surface area (Å²) in [7, 11) is 1.73. The second-order valence-corrected chi connectivity index (χ2v) is 3.92. The molecular weight excluding hydrogens is 188 g/mol. The van der Waals surface area contributed by atoms with Gasteiger partial charge in [-0.1, -0.05) is 6.07 Å². The zero-order chi connectivity index (χ0) is 11.3. The molecule has 0 bridgehead atoms. The van der Waals surface area contributed by atoms with Gasteiger partial charge in [-0.15, -0.1) is 0 Å². The van der Waals surface area contributed by atoms with E-state index >= 15 is 0 Å². The van der Waals surface area contributed by atoms with Crippen molar-refractivity contribution in [3.8, 4) is 0 Å². The van der Waals surface area contributed by atoms with Crippen molar-refractivity contribution in [1.29, 1.82) is 0 Å². The van der Waals surface area contributed by atoms with Gasteiger partial charge in [0.1, 0.15) is 0 Å². The normalized spacial score (nSPS) is 14.9. The number of hydrogen-bond acceptors (Lipinski definition) is 3. The van der Waals surface area contributed by atoms with Crippen molar-refractivity contribution in [2.75, 3.05) is 7.11 Å². The molecule has 0 radical (unpaired) electrons. The fourth-order valence-corrected chi connectivity index (χ4v) is 1.25. The minimum absolute atomic E-state index is 0.225. The van der Waals surface area contributed by atoms with Crippen LogP contribution in [-0.2, 0) is 11.3 Å². The first-order chi connectivity index (χ1) is 7.13. The lowest BCUT2D eigenvalue weighted by Gasteiger charge is -2.19. The molecule has 0 aromatic carbocycles. The largest absolute Gasteiger partial charge is 0.380 e. The van der Waals surface area contributed by atoms with Crippen LogP contribution in [0.1, 0.15) is 25.1 Å². The highest BCUT2D eigenvalue weighted by Crippen LogP contribution is 2.01. The number of aromatic nitrogens is 1. The van der Waals surface area contributed by atoms with Gasteiger partial charge in [0, 0.05) is 31.6 Å². The monoisotopic (exact) mass is 208 g/mol. The minimum Gasteiger partial charge on any atom is -0.380 e. The summed E-state index contributed by atoms with van der Waals surface area (Å²) in [5.41, 5.74) is 2.26. The Morgan fingerprint density at radius 1 is 1.40 bits per heavy atom. The van der Waals surface area contributed by atoms with Crippen molar-refractivity contribution in [3.63, 3.8) is 0 Å². The molecule has 0 saturated heterocycles. The van der Waals surface area contributed by atoms with Crippen molar-refractivity contribution in [2.24, 2.45) is 0 Å². The van der Waals surface area contributed by atoms with Crippen molar-refractivity contribution in [1.82, 2.24) is 10.3 Å². The third-order valence-electron chi connectivity index (χ3n) is 2.68.